The van der Waals surface area contributed by atoms with Crippen molar-refractivity contribution in [2.24, 2.45) is 0 Å². The summed E-state index contributed by atoms with van der Waals surface area (Å²) in [6, 6.07) is 16.2. The second-order valence-electron chi connectivity index (χ2n) is 6.56. The molecule has 5 rings (SSSR count). The number of aromatic carboxylic acids is 1. The third-order valence-corrected chi connectivity index (χ3v) is 4.70. The molecule has 3 heterocycles. The summed E-state index contributed by atoms with van der Waals surface area (Å²) in [6.45, 7) is 0.827. The highest BCUT2D eigenvalue weighted by Gasteiger charge is 2.13. The van der Waals surface area contributed by atoms with E-state index < -0.39 is 5.97 Å². The van der Waals surface area contributed by atoms with Crippen LogP contribution in [0.2, 0.25) is 0 Å². The number of carboxylic acids is 1. The molecule has 0 aliphatic carbocycles. The predicted molar refractivity (Wildman–Crippen MR) is 105 cm³/mol. The first kappa shape index (κ1) is 17.1. The van der Waals surface area contributed by atoms with Gasteiger partial charge in [0.25, 0.3) is 0 Å². The fraction of sp³-hybridized carbons (Fsp3) is 0.0952. The van der Waals surface area contributed by atoms with Crippen molar-refractivity contribution >= 4 is 17.4 Å². The highest BCUT2D eigenvalue weighted by atomic mass is 16.7. The summed E-state index contributed by atoms with van der Waals surface area (Å²) < 4.78 is 12.5. The smallest absolute Gasteiger partial charge is 0.335 e. The molecule has 0 spiro atoms. The average molecular weight is 388 g/mol. The number of hydrogen-bond donors (Lipinski definition) is 2. The number of ether oxygens (including phenoxy) is 2. The monoisotopic (exact) mass is 388 g/mol. The number of nitrogens with zero attached hydrogens (tertiary/aromatic N) is 3. The number of benzene rings is 2. The molecular weight excluding hydrogens is 372 g/mol. The number of nitrogens with one attached hydrogen (secondary N) is 1. The maximum Gasteiger partial charge on any atom is 0.335 e. The third kappa shape index (κ3) is 3.20. The minimum atomic E-state index is -0.956. The van der Waals surface area contributed by atoms with Crippen molar-refractivity contribution in [1.82, 2.24) is 14.6 Å². The van der Waals surface area contributed by atoms with Crippen molar-refractivity contribution in [3.63, 3.8) is 0 Å². The summed E-state index contributed by atoms with van der Waals surface area (Å²) in [4.78, 5) is 15.4. The van der Waals surface area contributed by atoms with E-state index in [0.29, 0.717) is 18.0 Å². The molecule has 0 unspecified atom stereocenters. The first-order valence-electron chi connectivity index (χ1n) is 8.98. The zero-order chi connectivity index (χ0) is 19.8. The summed E-state index contributed by atoms with van der Waals surface area (Å²) in [5.41, 5.74) is 3.61. The van der Waals surface area contributed by atoms with Crippen LogP contribution >= 0.6 is 0 Å². The van der Waals surface area contributed by atoms with E-state index in [1.165, 1.54) is 0 Å². The Bertz CT molecular complexity index is 1220. The topological polar surface area (TPSA) is 98.0 Å². The molecule has 2 N–H and O–H groups in total. The van der Waals surface area contributed by atoms with E-state index in [4.69, 9.17) is 14.6 Å². The molecule has 29 heavy (non-hydrogen) atoms. The highest BCUT2D eigenvalue weighted by Crippen LogP contribution is 2.32. The van der Waals surface area contributed by atoms with Crippen LogP contribution in [0.3, 0.4) is 0 Å². The van der Waals surface area contributed by atoms with Gasteiger partial charge in [-0.3, -0.25) is 0 Å². The molecule has 0 saturated carbocycles. The van der Waals surface area contributed by atoms with E-state index in [0.717, 1.165) is 28.3 Å². The van der Waals surface area contributed by atoms with Crippen molar-refractivity contribution in [3.8, 4) is 22.8 Å². The van der Waals surface area contributed by atoms with Gasteiger partial charge in [-0.05, 0) is 42.0 Å². The van der Waals surface area contributed by atoms with Crippen LogP contribution in [-0.4, -0.2) is 32.5 Å². The number of carbonyl (C=O) groups is 1. The first-order valence-corrected chi connectivity index (χ1v) is 8.98. The van der Waals surface area contributed by atoms with Gasteiger partial charge in [0.05, 0.1) is 17.5 Å². The first-order chi connectivity index (χ1) is 14.2. The number of rotatable bonds is 5. The minimum Gasteiger partial charge on any atom is -0.478 e. The Kier molecular flexibility index (Phi) is 4.02. The van der Waals surface area contributed by atoms with E-state index in [2.05, 4.69) is 15.4 Å². The van der Waals surface area contributed by atoms with Crippen LogP contribution in [0.25, 0.3) is 16.9 Å². The minimum absolute atomic E-state index is 0.238. The Hall–Kier alpha value is -4.07. The molecule has 144 valence electrons. The fourth-order valence-corrected chi connectivity index (χ4v) is 3.19. The van der Waals surface area contributed by atoms with E-state index in [-0.39, 0.29) is 12.4 Å². The Balaban J connectivity index is 1.39. The van der Waals surface area contributed by atoms with E-state index in [1.807, 2.05) is 30.3 Å². The van der Waals surface area contributed by atoms with Crippen LogP contribution in [0.5, 0.6) is 11.5 Å². The largest absolute Gasteiger partial charge is 0.478 e. The third-order valence-electron chi connectivity index (χ3n) is 4.70. The molecule has 2 aromatic carbocycles. The zero-order valence-electron chi connectivity index (χ0n) is 15.2. The normalized spacial score (nSPS) is 12.3. The van der Waals surface area contributed by atoms with Crippen molar-refractivity contribution in [3.05, 3.63) is 71.9 Å². The summed E-state index contributed by atoms with van der Waals surface area (Å²) in [5, 5.41) is 17.0. The maximum atomic E-state index is 11.1. The molecule has 8 heteroatoms. The molecule has 0 saturated heterocycles. The number of aromatic nitrogens is 3. The molecular formula is C21H16N4O4. The van der Waals surface area contributed by atoms with Gasteiger partial charge in [-0.15, -0.1) is 5.10 Å². The SMILES string of the molecule is O=C(O)c1ccc(-c2cnc3ccc(NCc4ccc5c(c4)OCO5)nn23)cc1. The number of imidazole rings is 1. The van der Waals surface area contributed by atoms with E-state index in [1.54, 1.807) is 35.0 Å². The molecule has 0 fully saturated rings. The summed E-state index contributed by atoms with van der Waals surface area (Å²) >= 11 is 0. The second-order valence-corrected chi connectivity index (χ2v) is 6.56. The highest BCUT2D eigenvalue weighted by molar-refractivity contribution is 5.88. The van der Waals surface area contributed by atoms with Crippen molar-refractivity contribution in [2.75, 3.05) is 12.1 Å². The van der Waals surface area contributed by atoms with Crippen LogP contribution in [-0.2, 0) is 6.54 Å². The maximum absolute atomic E-state index is 11.1. The van der Waals surface area contributed by atoms with Gasteiger partial charge >= 0.3 is 5.97 Å². The van der Waals surface area contributed by atoms with Crippen LogP contribution in [0.15, 0.2) is 60.8 Å². The Morgan fingerprint density at radius 1 is 1.07 bits per heavy atom. The molecule has 4 aromatic rings. The molecule has 0 atom stereocenters. The van der Waals surface area contributed by atoms with Crippen LogP contribution in [0.4, 0.5) is 5.82 Å². The van der Waals surface area contributed by atoms with Gasteiger partial charge in [0, 0.05) is 12.1 Å². The van der Waals surface area contributed by atoms with Crippen molar-refractivity contribution in [2.45, 2.75) is 6.54 Å². The van der Waals surface area contributed by atoms with Gasteiger partial charge in [0.1, 0.15) is 5.82 Å². The van der Waals surface area contributed by atoms with E-state index >= 15 is 0 Å². The van der Waals surface area contributed by atoms with Gasteiger partial charge < -0.3 is 19.9 Å². The van der Waals surface area contributed by atoms with Gasteiger partial charge in [0.15, 0.2) is 17.1 Å². The average Bonchev–Trinajstić information content (AvgIpc) is 3.38. The van der Waals surface area contributed by atoms with Crippen LogP contribution in [0.1, 0.15) is 15.9 Å². The zero-order valence-corrected chi connectivity index (χ0v) is 15.2. The molecule has 1 aliphatic heterocycles. The summed E-state index contributed by atoms with van der Waals surface area (Å²) in [5.74, 6) is 1.24. The number of hydrogen-bond acceptors (Lipinski definition) is 6. The van der Waals surface area contributed by atoms with Gasteiger partial charge in [-0.25, -0.2) is 14.3 Å². The summed E-state index contributed by atoms with van der Waals surface area (Å²) in [6.07, 6.45) is 1.72. The lowest BCUT2D eigenvalue weighted by Crippen LogP contribution is -2.04. The Morgan fingerprint density at radius 2 is 1.90 bits per heavy atom. The van der Waals surface area contributed by atoms with E-state index in [9.17, 15) is 4.79 Å². The molecule has 0 radical (unpaired) electrons. The standard InChI is InChI=1S/C21H16N4O4/c26-21(27)15-4-2-14(3-5-15)16-11-23-20-8-7-19(24-25(16)20)22-10-13-1-6-17-18(9-13)29-12-28-17/h1-9,11H,10,12H2,(H,22,24)(H,26,27). The Morgan fingerprint density at radius 3 is 2.72 bits per heavy atom. The molecule has 2 aromatic heterocycles. The molecule has 8 nitrogen and oxygen atoms in total. The van der Waals surface area contributed by atoms with Crippen molar-refractivity contribution in [1.29, 1.82) is 0 Å². The lowest BCUT2D eigenvalue weighted by molar-refractivity contribution is 0.0697. The summed E-state index contributed by atoms with van der Waals surface area (Å²) in [7, 11) is 0. The lowest BCUT2D eigenvalue weighted by Gasteiger charge is -2.08. The molecule has 0 amide bonds. The number of carboxylic acid groups (broad SMARTS) is 1. The Labute approximate surface area is 165 Å². The van der Waals surface area contributed by atoms with Gasteiger partial charge in [0.2, 0.25) is 6.79 Å². The fourth-order valence-electron chi connectivity index (χ4n) is 3.19. The number of fused-ring (bicyclic) bond motifs is 2. The van der Waals surface area contributed by atoms with Crippen molar-refractivity contribution < 1.29 is 19.4 Å². The quantitative estimate of drug-likeness (QED) is 0.540. The lowest BCUT2D eigenvalue weighted by atomic mass is 10.1. The number of anilines is 1. The van der Waals surface area contributed by atoms with Crippen LogP contribution in [0, 0.1) is 0 Å². The predicted octanol–water partition coefficient (Wildman–Crippen LogP) is 3.44. The van der Waals surface area contributed by atoms with Crippen LogP contribution < -0.4 is 14.8 Å². The molecule has 1 aliphatic rings. The second kappa shape index (κ2) is 6.83. The molecule has 0 bridgehead atoms. The van der Waals surface area contributed by atoms with Gasteiger partial charge in [-0.1, -0.05) is 18.2 Å². The van der Waals surface area contributed by atoms with Gasteiger partial charge in [-0.2, -0.15) is 0 Å².